The van der Waals surface area contributed by atoms with Gasteiger partial charge in [0.25, 0.3) is 0 Å². The van der Waals surface area contributed by atoms with E-state index in [-0.39, 0.29) is 25.0 Å². The number of rotatable bonds is 5. The van der Waals surface area contributed by atoms with Crippen molar-refractivity contribution in [2.75, 3.05) is 33.1 Å². The summed E-state index contributed by atoms with van der Waals surface area (Å²) in [6.45, 7) is 3.30. The molecule has 1 N–H and O–H groups in total. The molecule has 0 saturated carbocycles. The Balaban J connectivity index is 1.30. The quantitative estimate of drug-likeness (QED) is 0.864. The Morgan fingerprint density at radius 3 is 2.88 bits per heavy atom. The second-order valence-corrected chi connectivity index (χ2v) is 6.61. The van der Waals surface area contributed by atoms with E-state index in [9.17, 15) is 4.79 Å². The number of hydrogen-bond donors (Lipinski definition) is 1. The van der Waals surface area contributed by atoms with Gasteiger partial charge in [-0.1, -0.05) is 12.5 Å². The molecule has 0 spiro atoms. The van der Waals surface area contributed by atoms with Gasteiger partial charge < -0.3 is 24.3 Å². The summed E-state index contributed by atoms with van der Waals surface area (Å²) in [4.78, 5) is 14.6. The van der Waals surface area contributed by atoms with Gasteiger partial charge in [0, 0.05) is 6.54 Å². The van der Waals surface area contributed by atoms with E-state index in [4.69, 9.17) is 18.9 Å². The Hall–Kier alpha value is -1.83. The molecule has 0 bridgehead atoms. The summed E-state index contributed by atoms with van der Waals surface area (Å²) in [7, 11) is 0. The molecule has 1 aromatic carbocycles. The van der Waals surface area contributed by atoms with Gasteiger partial charge in [-0.25, -0.2) is 0 Å². The van der Waals surface area contributed by atoms with Crippen molar-refractivity contribution in [3.05, 3.63) is 23.8 Å². The first-order chi connectivity index (χ1) is 12.3. The maximum Gasteiger partial charge on any atom is 0.234 e. The summed E-state index contributed by atoms with van der Waals surface area (Å²) in [5.74, 6) is 1.50. The van der Waals surface area contributed by atoms with Gasteiger partial charge in [-0.3, -0.25) is 9.69 Å². The Labute approximate surface area is 147 Å². The zero-order valence-electron chi connectivity index (χ0n) is 14.2. The minimum Gasteiger partial charge on any atom is -0.454 e. The number of amides is 1. The van der Waals surface area contributed by atoms with E-state index >= 15 is 0 Å². The highest BCUT2D eigenvalue weighted by Gasteiger charge is 2.34. The van der Waals surface area contributed by atoms with Crippen molar-refractivity contribution in [3.63, 3.8) is 0 Å². The monoisotopic (exact) mass is 348 g/mol. The van der Waals surface area contributed by atoms with Crippen LogP contribution in [0.4, 0.5) is 0 Å². The molecule has 136 valence electrons. The van der Waals surface area contributed by atoms with Crippen LogP contribution in [0.5, 0.6) is 11.5 Å². The van der Waals surface area contributed by atoms with Crippen molar-refractivity contribution < 1.29 is 23.7 Å². The summed E-state index contributed by atoms with van der Waals surface area (Å²) in [6, 6.07) is 5.90. The molecule has 4 rings (SSSR count). The van der Waals surface area contributed by atoms with E-state index in [0.29, 0.717) is 26.3 Å². The minimum atomic E-state index is -0.193. The second kappa shape index (κ2) is 7.59. The minimum absolute atomic E-state index is 0.0163. The zero-order chi connectivity index (χ0) is 17.1. The number of ether oxygens (including phenoxy) is 4. The molecule has 2 fully saturated rings. The van der Waals surface area contributed by atoms with Gasteiger partial charge in [0.15, 0.2) is 17.8 Å². The van der Waals surface area contributed by atoms with Crippen LogP contribution in [0.1, 0.15) is 24.8 Å². The molecular formula is C18H24N2O5. The molecule has 0 aliphatic carbocycles. The van der Waals surface area contributed by atoms with Crippen molar-refractivity contribution in [1.82, 2.24) is 10.2 Å². The molecule has 1 unspecified atom stereocenters. The summed E-state index contributed by atoms with van der Waals surface area (Å²) in [5.41, 5.74) is 0.996. The van der Waals surface area contributed by atoms with E-state index in [2.05, 4.69) is 10.2 Å². The summed E-state index contributed by atoms with van der Waals surface area (Å²) < 4.78 is 22.0. The highest BCUT2D eigenvalue weighted by molar-refractivity contribution is 5.78. The number of benzene rings is 1. The third-order valence-electron chi connectivity index (χ3n) is 4.90. The molecule has 2 saturated heterocycles. The number of likely N-dealkylation sites (tertiary alicyclic amines) is 1. The van der Waals surface area contributed by atoms with Gasteiger partial charge in [0.2, 0.25) is 12.7 Å². The van der Waals surface area contributed by atoms with Crippen LogP contribution >= 0.6 is 0 Å². The van der Waals surface area contributed by atoms with Crippen LogP contribution in [0.25, 0.3) is 0 Å². The first-order valence-corrected chi connectivity index (χ1v) is 8.92. The SMILES string of the molecule is O=C(CN1CCCCC1C1OCCO1)NCc1ccc2c(c1)OCO2. The molecule has 3 heterocycles. The molecule has 7 nitrogen and oxygen atoms in total. The van der Waals surface area contributed by atoms with Gasteiger partial charge >= 0.3 is 0 Å². The number of piperidine rings is 1. The number of fused-ring (bicyclic) bond motifs is 1. The molecular weight excluding hydrogens is 324 g/mol. The first-order valence-electron chi connectivity index (χ1n) is 8.92. The largest absolute Gasteiger partial charge is 0.454 e. The van der Waals surface area contributed by atoms with E-state index in [0.717, 1.165) is 42.9 Å². The topological polar surface area (TPSA) is 69.3 Å². The van der Waals surface area contributed by atoms with Gasteiger partial charge in [-0.15, -0.1) is 0 Å². The van der Waals surface area contributed by atoms with Gasteiger partial charge in [0.1, 0.15) is 0 Å². The van der Waals surface area contributed by atoms with E-state index in [1.54, 1.807) is 0 Å². The van der Waals surface area contributed by atoms with Crippen molar-refractivity contribution in [2.24, 2.45) is 0 Å². The zero-order valence-corrected chi connectivity index (χ0v) is 14.2. The van der Waals surface area contributed by atoms with Crippen LogP contribution in [0, 0.1) is 0 Å². The maximum absolute atomic E-state index is 12.4. The average Bonchev–Trinajstić information content (AvgIpc) is 3.31. The molecule has 7 heteroatoms. The van der Waals surface area contributed by atoms with Gasteiger partial charge in [-0.05, 0) is 37.1 Å². The molecule has 0 aromatic heterocycles. The predicted octanol–water partition coefficient (Wildman–Crippen LogP) is 1.26. The third-order valence-corrected chi connectivity index (χ3v) is 4.90. The predicted molar refractivity (Wildman–Crippen MR) is 89.3 cm³/mol. The van der Waals surface area contributed by atoms with E-state index in [1.165, 1.54) is 0 Å². The highest BCUT2D eigenvalue weighted by Crippen LogP contribution is 2.32. The van der Waals surface area contributed by atoms with Crippen LogP contribution < -0.4 is 14.8 Å². The van der Waals surface area contributed by atoms with Crippen LogP contribution in [-0.2, 0) is 20.8 Å². The Kier molecular flexibility index (Phi) is 5.05. The fourth-order valence-corrected chi connectivity index (χ4v) is 3.61. The summed E-state index contributed by atoms with van der Waals surface area (Å²) in [5, 5.41) is 2.99. The summed E-state index contributed by atoms with van der Waals surface area (Å²) in [6.07, 6.45) is 3.09. The smallest absolute Gasteiger partial charge is 0.234 e. The fourth-order valence-electron chi connectivity index (χ4n) is 3.61. The molecule has 0 radical (unpaired) electrons. The lowest BCUT2D eigenvalue weighted by Gasteiger charge is -2.37. The molecule has 25 heavy (non-hydrogen) atoms. The number of carbonyl (C=O) groups excluding carboxylic acids is 1. The first kappa shape index (κ1) is 16.6. The molecule has 3 aliphatic heterocycles. The fraction of sp³-hybridized carbons (Fsp3) is 0.611. The van der Waals surface area contributed by atoms with Gasteiger partial charge in [-0.2, -0.15) is 0 Å². The van der Waals surface area contributed by atoms with Crippen LogP contribution in [0.2, 0.25) is 0 Å². The normalized spacial score (nSPS) is 23.8. The molecule has 3 aliphatic rings. The van der Waals surface area contributed by atoms with E-state index < -0.39 is 0 Å². The standard InChI is InChI=1S/C18H24N2O5/c21-17(19-10-13-4-5-15-16(9-13)25-12-24-15)11-20-6-2-1-3-14(20)18-22-7-8-23-18/h4-5,9,14,18H,1-3,6-8,10-12H2,(H,19,21). The van der Waals surface area contributed by atoms with Crippen molar-refractivity contribution in [2.45, 2.75) is 38.1 Å². The van der Waals surface area contributed by atoms with Gasteiger partial charge in [0.05, 0.1) is 25.8 Å². The number of hydrogen-bond acceptors (Lipinski definition) is 6. The van der Waals surface area contributed by atoms with Crippen molar-refractivity contribution >= 4 is 5.91 Å². The van der Waals surface area contributed by atoms with Crippen LogP contribution in [0.3, 0.4) is 0 Å². The maximum atomic E-state index is 12.4. The summed E-state index contributed by atoms with van der Waals surface area (Å²) >= 11 is 0. The average molecular weight is 348 g/mol. The lowest BCUT2D eigenvalue weighted by Crippen LogP contribution is -2.50. The molecule has 1 atom stereocenters. The highest BCUT2D eigenvalue weighted by atomic mass is 16.7. The second-order valence-electron chi connectivity index (χ2n) is 6.61. The van der Waals surface area contributed by atoms with Crippen molar-refractivity contribution in [1.29, 1.82) is 0 Å². The number of carbonyl (C=O) groups is 1. The van der Waals surface area contributed by atoms with Crippen molar-refractivity contribution in [3.8, 4) is 11.5 Å². The molecule has 1 aromatic rings. The lowest BCUT2D eigenvalue weighted by atomic mass is 10.0. The lowest BCUT2D eigenvalue weighted by molar-refractivity contribution is -0.131. The Morgan fingerprint density at radius 1 is 1.16 bits per heavy atom. The van der Waals surface area contributed by atoms with Crippen LogP contribution in [-0.4, -0.2) is 56.2 Å². The third kappa shape index (κ3) is 3.89. The van der Waals surface area contributed by atoms with Crippen LogP contribution in [0.15, 0.2) is 18.2 Å². The Morgan fingerprint density at radius 2 is 2.00 bits per heavy atom. The number of nitrogens with zero attached hydrogens (tertiary/aromatic N) is 1. The van der Waals surface area contributed by atoms with E-state index in [1.807, 2.05) is 18.2 Å². The molecule has 1 amide bonds. The number of nitrogens with one attached hydrogen (secondary N) is 1. The Bertz CT molecular complexity index is 617.